The van der Waals surface area contributed by atoms with Gasteiger partial charge in [0.1, 0.15) is 0 Å². The molecule has 0 aromatic rings. The summed E-state index contributed by atoms with van der Waals surface area (Å²) in [5, 5.41) is 14.6. The molecule has 0 aliphatic heterocycles. The van der Waals surface area contributed by atoms with Crippen molar-refractivity contribution in [3.63, 3.8) is 0 Å². The summed E-state index contributed by atoms with van der Waals surface area (Å²) in [5.41, 5.74) is 0.221. The highest BCUT2D eigenvalue weighted by Gasteiger charge is 2.34. The SMILES string of the molecule is CC1(CNC(=O)NC(CC(=O)O)C2CC2)CCCC1. The van der Waals surface area contributed by atoms with Crippen molar-refractivity contribution in [2.45, 2.75) is 57.9 Å². The molecule has 108 valence electrons. The summed E-state index contributed by atoms with van der Waals surface area (Å²) < 4.78 is 0. The fourth-order valence-electron chi connectivity index (χ4n) is 2.94. The van der Waals surface area contributed by atoms with E-state index in [4.69, 9.17) is 5.11 Å². The number of hydrogen-bond donors (Lipinski definition) is 3. The lowest BCUT2D eigenvalue weighted by Crippen LogP contribution is -2.46. The average Bonchev–Trinajstić information content (AvgIpc) is 3.09. The van der Waals surface area contributed by atoms with E-state index >= 15 is 0 Å². The Balaban J connectivity index is 1.74. The van der Waals surface area contributed by atoms with Crippen LogP contribution in [0.2, 0.25) is 0 Å². The van der Waals surface area contributed by atoms with Crippen LogP contribution in [0.15, 0.2) is 0 Å². The first kappa shape index (κ1) is 14.2. The number of amides is 2. The van der Waals surface area contributed by atoms with Crippen LogP contribution in [0.1, 0.15) is 51.9 Å². The largest absolute Gasteiger partial charge is 0.481 e. The molecule has 2 aliphatic rings. The Morgan fingerprint density at radius 1 is 1.32 bits per heavy atom. The highest BCUT2D eigenvalue weighted by atomic mass is 16.4. The van der Waals surface area contributed by atoms with Gasteiger partial charge >= 0.3 is 12.0 Å². The maximum atomic E-state index is 11.9. The minimum atomic E-state index is -0.847. The minimum absolute atomic E-state index is 0.0232. The zero-order chi connectivity index (χ0) is 13.9. The van der Waals surface area contributed by atoms with Crippen molar-refractivity contribution in [1.82, 2.24) is 10.6 Å². The molecule has 0 spiro atoms. The van der Waals surface area contributed by atoms with Gasteiger partial charge in [-0.3, -0.25) is 4.79 Å². The summed E-state index contributed by atoms with van der Waals surface area (Å²) in [6, 6.07) is -0.430. The first-order valence-electron chi connectivity index (χ1n) is 7.25. The number of carboxylic acid groups (broad SMARTS) is 1. The standard InChI is InChI=1S/C14H24N2O3/c1-14(6-2-3-7-14)9-15-13(19)16-11(8-12(17)18)10-4-5-10/h10-11H,2-9H2,1H3,(H,17,18)(H2,15,16,19). The third kappa shape index (κ3) is 4.40. The molecular weight excluding hydrogens is 244 g/mol. The molecule has 0 bridgehead atoms. The Morgan fingerprint density at radius 3 is 2.47 bits per heavy atom. The van der Waals surface area contributed by atoms with Crippen molar-refractivity contribution >= 4 is 12.0 Å². The Hall–Kier alpha value is -1.26. The van der Waals surface area contributed by atoms with Crippen LogP contribution in [0.5, 0.6) is 0 Å². The summed E-state index contributed by atoms with van der Waals surface area (Å²) in [4.78, 5) is 22.6. The second-order valence-corrected chi connectivity index (χ2v) is 6.39. The Labute approximate surface area is 114 Å². The number of carbonyl (C=O) groups excluding carboxylic acids is 1. The third-order valence-electron chi connectivity index (χ3n) is 4.39. The zero-order valence-electron chi connectivity index (χ0n) is 11.6. The van der Waals surface area contributed by atoms with Crippen molar-refractivity contribution in [2.75, 3.05) is 6.54 Å². The van der Waals surface area contributed by atoms with E-state index in [1.54, 1.807) is 0 Å². The van der Waals surface area contributed by atoms with Crippen molar-refractivity contribution in [3.8, 4) is 0 Å². The highest BCUT2D eigenvalue weighted by molar-refractivity contribution is 5.75. The molecule has 19 heavy (non-hydrogen) atoms. The minimum Gasteiger partial charge on any atom is -0.481 e. The van der Waals surface area contributed by atoms with Gasteiger partial charge in [0.15, 0.2) is 0 Å². The lowest BCUT2D eigenvalue weighted by Gasteiger charge is -2.25. The van der Waals surface area contributed by atoms with Gasteiger partial charge in [-0.25, -0.2) is 4.79 Å². The molecule has 1 atom stereocenters. The predicted molar refractivity (Wildman–Crippen MR) is 71.9 cm³/mol. The van der Waals surface area contributed by atoms with Crippen LogP contribution in [0.25, 0.3) is 0 Å². The topological polar surface area (TPSA) is 78.4 Å². The van der Waals surface area contributed by atoms with Gasteiger partial charge < -0.3 is 15.7 Å². The number of rotatable bonds is 6. The van der Waals surface area contributed by atoms with Crippen molar-refractivity contribution < 1.29 is 14.7 Å². The summed E-state index contributed by atoms with van der Waals surface area (Å²) in [6.07, 6.45) is 6.87. The molecular formula is C14H24N2O3. The van der Waals surface area contributed by atoms with Gasteiger partial charge in [-0.1, -0.05) is 19.8 Å². The van der Waals surface area contributed by atoms with Gasteiger partial charge in [0.2, 0.25) is 0 Å². The predicted octanol–water partition coefficient (Wildman–Crippen LogP) is 2.12. The number of aliphatic carboxylic acids is 1. The van der Waals surface area contributed by atoms with E-state index in [0.717, 1.165) is 25.7 Å². The zero-order valence-corrected chi connectivity index (χ0v) is 11.6. The van der Waals surface area contributed by atoms with E-state index in [2.05, 4.69) is 17.6 Å². The van der Waals surface area contributed by atoms with E-state index < -0.39 is 5.97 Å². The molecule has 2 rings (SSSR count). The molecule has 2 saturated carbocycles. The maximum absolute atomic E-state index is 11.9. The van der Waals surface area contributed by atoms with Crippen LogP contribution in [0, 0.1) is 11.3 Å². The van der Waals surface area contributed by atoms with Crippen LogP contribution in [0.3, 0.4) is 0 Å². The molecule has 5 heteroatoms. The molecule has 2 amide bonds. The summed E-state index contributed by atoms with van der Waals surface area (Å²) in [5.74, 6) is -0.496. The molecule has 0 aromatic heterocycles. The van der Waals surface area contributed by atoms with E-state index in [1.807, 2.05) is 0 Å². The molecule has 0 aromatic carbocycles. The van der Waals surface area contributed by atoms with Crippen molar-refractivity contribution in [3.05, 3.63) is 0 Å². The van der Waals surface area contributed by atoms with Crippen LogP contribution in [0.4, 0.5) is 4.79 Å². The lowest BCUT2D eigenvalue weighted by molar-refractivity contribution is -0.137. The Morgan fingerprint density at radius 2 is 1.95 bits per heavy atom. The van der Waals surface area contributed by atoms with Gasteiger partial charge in [-0.15, -0.1) is 0 Å². The smallest absolute Gasteiger partial charge is 0.315 e. The highest BCUT2D eigenvalue weighted by Crippen LogP contribution is 2.37. The molecule has 0 heterocycles. The number of carbonyl (C=O) groups is 2. The maximum Gasteiger partial charge on any atom is 0.315 e. The average molecular weight is 268 g/mol. The summed E-state index contributed by atoms with van der Waals surface area (Å²) in [7, 11) is 0. The first-order valence-corrected chi connectivity index (χ1v) is 7.25. The summed E-state index contributed by atoms with van der Waals surface area (Å²) in [6.45, 7) is 2.89. The first-order chi connectivity index (χ1) is 8.98. The normalized spacial score (nSPS) is 22.8. The van der Waals surface area contributed by atoms with Gasteiger partial charge in [0.25, 0.3) is 0 Å². The lowest BCUT2D eigenvalue weighted by atomic mass is 9.89. The summed E-state index contributed by atoms with van der Waals surface area (Å²) >= 11 is 0. The van der Waals surface area contributed by atoms with E-state index in [-0.39, 0.29) is 23.9 Å². The molecule has 5 nitrogen and oxygen atoms in total. The third-order valence-corrected chi connectivity index (χ3v) is 4.39. The molecule has 0 saturated heterocycles. The van der Waals surface area contributed by atoms with Crippen LogP contribution in [-0.4, -0.2) is 29.7 Å². The second kappa shape index (κ2) is 5.80. The molecule has 2 aliphatic carbocycles. The number of hydrogen-bond acceptors (Lipinski definition) is 2. The second-order valence-electron chi connectivity index (χ2n) is 6.39. The molecule has 2 fully saturated rings. The van der Waals surface area contributed by atoms with Gasteiger partial charge in [-0.2, -0.15) is 0 Å². The number of urea groups is 1. The Bertz CT molecular complexity index is 347. The fourth-order valence-corrected chi connectivity index (χ4v) is 2.94. The van der Waals surface area contributed by atoms with Gasteiger partial charge in [0, 0.05) is 12.6 Å². The quantitative estimate of drug-likeness (QED) is 0.690. The molecule has 1 unspecified atom stereocenters. The monoisotopic (exact) mass is 268 g/mol. The molecule has 3 N–H and O–H groups in total. The van der Waals surface area contributed by atoms with Crippen molar-refractivity contribution in [2.24, 2.45) is 11.3 Å². The number of carboxylic acids is 1. The van der Waals surface area contributed by atoms with Crippen LogP contribution in [-0.2, 0) is 4.79 Å². The van der Waals surface area contributed by atoms with Crippen molar-refractivity contribution in [1.29, 1.82) is 0 Å². The van der Waals surface area contributed by atoms with Crippen LogP contribution >= 0.6 is 0 Å². The number of nitrogens with one attached hydrogen (secondary N) is 2. The van der Waals surface area contributed by atoms with E-state index in [9.17, 15) is 9.59 Å². The van der Waals surface area contributed by atoms with Gasteiger partial charge in [-0.05, 0) is 37.0 Å². The van der Waals surface area contributed by atoms with E-state index in [1.165, 1.54) is 12.8 Å². The Kier molecular flexibility index (Phi) is 4.32. The van der Waals surface area contributed by atoms with E-state index in [0.29, 0.717) is 12.5 Å². The van der Waals surface area contributed by atoms with Gasteiger partial charge in [0.05, 0.1) is 6.42 Å². The van der Waals surface area contributed by atoms with Crippen LogP contribution < -0.4 is 10.6 Å². The molecule has 0 radical (unpaired) electrons. The fraction of sp³-hybridized carbons (Fsp3) is 0.857.